The average Bonchev–Trinajstić information content (AvgIpc) is 2.84. The van der Waals surface area contributed by atoms with E-state index in [1.807, 2.05) is 17.9 Å². The zero-order chi connectivity index (χ0) is 14.0. The summed E-state index contributed by atoms with van der Waals surface area (Å²) >= 11 is 0. The van der Waals surface area contributed by atoms with E-state index in [1.54, 1.807) is 0 Å². The molecule has 19 heavy (non-hydrogen) atoms. The first kappa shape index (κ1) is 14.4. The summed E-state index contributed by atoms with van der Waals surface area (Å²) in [5.41, 5.74) is 0.239. The van der Waals surface area contributed by atoms with Crippen LogP contribution in [0.3, 0.4) is 0 Å². The summed E-state index contributed by atoms with van der Waals surface area (Å²) in [6, 6.07) is 2.66. The van der Waals surface area contributed by atoms with Crippen molar-refractivity contribution in [1.82, 2.24) is 15.1 Å². The molecule has 0 radical (unpaired) electrons. The molecule has 108 valence electrons. The molecule has 2 rings (SSSR count). The molecule has 0 bridgehead atoms. The number of aryl methyl sites for hydroxylation is 1. The SMILES string of the molecule is CCC1(CC)CN(c2ccn(C)n2)C(C(C)C)CN1. The normalized spacial score (nSPS) is 23.1. The molecular formula is C15H28N4. The van der Waals surface area contributed by atoms with E-state index in [2.05, 4.69) is 49.1 Å². The van der Waals surface area contributed by atoms with Crippen LogP contribution in [0.15, 0.2) is 12.3 Å². The summed E-state index contributed by atoms with van der Waals surface area (Å²) in [6.07, 6.45) is 4.36. The Bertz CT molecular complexity index is 406. The minimum Gasteiger partial charge on any atom is -0.349 e. The Morgan fingerprint density at radius 1 is 1.42 bits per heavy atom. The zero-order valence-corrected chi connectivity index (χ0v) is 13.0. The van der Waals surface area contributed by atoms with Gasteiger partial charge in [0.15, 0.2) is 5.82 Å². The van der Waals surface area contributed by atoms with E-state index in [-0.39, 0.29) is 5.54 Å². The quantitative estimate of drug-likeness (QED) is 0.906. The molecule has 1 aromatic heterocycles. The van der Waals surface area contributed by atoms with Crippen molar-refractivity contribution in [2.75, 3.05) is 18.0 Å². The van der Waals surface area contributed by atoms with Crippen LogP contribution in [-0.4, -0.2) is 34.5 Å². The second kappa shape index (κ2) is 5.53. The lowest BCUT2D eigenvalue weighted by Crippen LogP contribution is -2.65. The van der Waals surface area contributed by atoms with Crippen molar-refractivity contribution in [2.45, 2.75) is 52.1 Å². The Morgan fingerprint density at radius 3 is 2.58 bits per heavy atom. The maximum atomic E-state index is 4.62. The van der Waals surface area contributed by atoms with Crippen molar-refractivity contribution < 1.29 is 0 Å². The standard InChI is InChI=1S/C15H28N4/c1-6-15(7-2)11-19(13(10-16-15)12(3)4)14-8-9-18(5)17-14/h8-9,12-13,16H,6-7,10-11H2,1-5H3. The van der Waals surface area contributed by atoms with E-state index in [1.165, 1.54) is 0 Å². The highest BCUT2D eigenvalue weighted by Gasteiger charge is 2.38. The molecule has 4 nitrogen and oxygen atoms in total. The lowest BCUT2D eigenvalue weighted by molar-refractivity contribution is 0.226. The molecule has 1 N–H and O–H groups in total. The van der Waals surface area contributed by atoms with Crippen LogP contribution >= 0.6 is 0 Å². The number of piperazine rings is 1. The summed E-state index contributed by atoms with van der Waals surface area (Å²) in [7, 11) is 1.99. The predicted octanol–water partition coefficient (Wildman–Crippen LogP) is 2.41. The van der Waals surface area contributed by atoms with Crippen molar-refractivity contribution in [3.8, 4) is 0 Å². The van der Waals surface area contributed by atoms with Gasteiger partial charge in [-0.25, -0.2) is 0 Å². The number of hydrogen-bond donors (Lipinski definition) is 1. The zero-order valence-electron chi connectivity index (χ0n) is 13.0. The van der Waals surface area contributed by atoms with Gasteiger partial charge in [0.25, 0.3) is 0 Å². The highest BCUT2D eigenvalue weighted by atomic mass is 15.4. The van der Waals surface area contributed by atoms with Gasteiger partial charge in [0.1, 0.15) is 0 Å². The maximum Gasteiger partial charge on any atom is 0.150 e. The highest BCUT2D eigenvalue weighted by molar-refractivity contribution is 5.41. The largest absolute Gasteiger partial charge is 0.349 e. The number of anilines is 1. The third kappa shape index (κ3) is 2.78. The summed E-state index contributed by atoms with van der Waals surface area (Å²) in [5.74, 6) is 1.75. The summed E-state index contributed by atoms with van der Waals surface area (Å²) < 4.78 is 1.90. The second-order valence-electron chi connectivity index (χ2n) is 6.16. The van der Waals surface area contributed by atoms with Gasteiger partial charge >= 0.3 is 0 Å². The van der Waals surface area contributed by atoms with E-state index in [0.29, 0.717) is 12.0 Å². The molecule has 0 aliphatic carbocycles. The van der Waals surface area contributed by atoms with Crippen LogP contribution < -0.4 is 10.2 Å². The van der Waals surface area contributed by atoms with Crippen LogP contribution in [0, 0.1) is 5.92 Å². The minimum absolute atomic E-state index is 0.239. The average molecular weight is 264 g/mol. The van der Waals surface area contributed by atoms with Gasteiger partial charge in [0, 0.05) is 44.0 Å². The second-order valence-corrected chi connectivity index (χ2v) is 6.16. The first-order chi connectivity index (χ1) is 9.01. The van der Waals surface area contributed by atoms with Crippen LogP contribution in [0.25, 0.3) is 0 Å². The van der Waals surface area contributed by atoms with Crippen LogP contribution in [0.1, 0.15) is 40.5 Å². The Hall–Kier alpha value is -1.03. The van der Waals surface area contributed by atoms with Gasteiger partial charge < -0.3 is 10.2 Å². The number of nitrogens with zero attached hydrogens (tertiary/aromatic N) is 3. The topological polar surface area (TPSA) is 33.1 Å². The van der Waals surface area contributed by atoms with E-state index in [9.17, 15) is 0 Å². The van der Waals surface area contributed by atoms with Crippen LogP contribution in [0.2, 0.25) is 0 Å². The summed E-state index contributed by atoms with van der Waals surface area (Å²) in [5, 5.41) is 8.41. The molecular weight excluding hydrogens is 236 g/mol. The number of aromatic nitrogens is 2. The first-order valence-electron chi connectivity index (χ1n) is 7.52. The molecule has 1 atom stereocenters. The Kier molecular flexibility index (Phi) is 4.19. The van der Waals surface area contributed by atoms with Gasteiger partial charge in [0.05, 0.1) is 0 Å². The predicted molar refractivity (Wildman–Crippen MR) is 80.5 cm³/mol. The number of hydrogen-bond acceptors (Lipinski definition) is 3. The molecule has 1 aliphatic heterocycles. The van der Waals surface area contributed by atoms with E-state index < -0.39 is 0 Å². The van der Waals surface area contributed by atoms with E-state index in [4.69, 9.17) is 0 Å². The highest BCUT2D eigenvalue weighted by Crippen LogP contribution is 2.29. The molecule has 0 saturated carbocycles. The van der Waals surface area contributed by atoms with Crippen LogP contribution in [0.5, 0.6) is 0 Å². The lowest BCUT2D eigenvalue weighted by Gasteiger charge is -2.49. The van der Waals surface area contributed by atoms with Gasteiger partial charge in [-0.3, -0.25) is 4.68 Å². The molecule has 2 heterocycles. The smallest absolute Gasteiger partial charge is 0.150 e. The third-order valence-corrected chi connectivity index (χ3v) is 4.68. The fraction of sp³-hybridized carbons (Fsp3) is 0.800. The molecule has 1 fully saturated rings. The van der Waals surface area contributed by atoms with Crippen molar-refractivity contribution in [2.24, 2.45) is 13.0 Å². The molecule has 1 saturated heterocycles. The lowest BCUT2D eigenvalue weighted by atomic mass is 9.86. The van der Waals surface area contributed by atoms with Crippen molar-refractivity contribution in [3.63, 3.8) is 0 Å². The molecule has 0 aromatic carbocycles. The van der Waals surface area contributed by atoms with E-state index in [0.717, 1.165) is 31.7 Å². The Morgan fingerprint density at radius 2 is 2.11 bits per heavy atom. The molecule has 1 unspecified atom stereocenters. The van der Waals surface area contributed by atoms with Crippen LogP contribution in [0.4, 0.5) is 5.82 Å². The van der Waals surface area contributed by atoms with Gasteiger partial charge in [-0.2, -0.15) is 5.10 Å². The molecule has 0 amide bonds. The molecule has 4 heteroatoms. The summed E-state index contributed by atoms with van der Waals surface area (Å²) in [6.45, 7) is 11.3. The van der Waals surface area contributed by atoms with E-state index >= 15 is 0 Å². The van der Waals surface area contributed by atoms with Crippen LogP contribution in [-0.2, 0) is 7.05 Å². The van der Waals surface area contributed by atoms with Crippen molar-refractivity contribution in [3.05, 3.63) is 12.3 Å². The first-order valence-corrected chi connectivity index (χ1v) is 7.52. The number of rotatable bonds is 4. The summed E-state index contributed by atoms with van der Waals surface area (Å²) in [4.78, 5) is 2.51. The van der Waals surface area contributed by atoms with Crippen molar-refractivity contribution in [1.29, 1.82) is 0 Å². The fourth-order valence-corrected chi connectivity index (χ4v) is 3.06. The van der Waals surface area contributed by atoms with Gasteiger partial charge in [-0.05, 0) is 18.8 Å². The minimum atomic E-state index is 0.239. The van der Waals surface area contributed by atoms with Gasteiger partial charge in [-0.15, -0.1) is 0 Å². The molecule has 1 aromatic rings. The van der Waals surface area contributed by atoms with Gasteiger partial charge in [-0.1, -0.05) is 27.7 Å². The Labute approximate surface area is 117 Å². The molecule has 1 aliphatic rings. The van der Waals surface area contributed by atoms with Gasteiger partial charge in [0.2, 0.25) is 0 Å². The fourth-order valence-electron chi connectivity index (χ4n) is 3.06. The van der Waals surface area contributed by atoms with Crippen molar-refractivity contribution >= 4 is 5.82 Å². The maximum absolute atomic E-state index is 4.62. The third-order valence-electron chi connectivity index (χ3n) is 4.68. The molecule has 0 spiro atoms. The number of nitrogens with one attached hydrogen (secondary N) is 1. The monoisotopic (exact) mass is 264 g/mol. The Balaban J connectivity index is 2.27.